The van der Waals surface area contributed by atoms with Crippen molar-refractivity contribution in [2.45, 2.75) is 19.9 Å². The van der Waals surface area contributed by atoms with E-state index in [1.165, 1.54) is 0 Å². The van der Waals surface area contributed by atoms with Crippen LogP contribution in [0.4, 0.5) is 0 Å². The fraction of sp³-hybridized carbons (Fsp3) is 0.286. The van der Waals surface area contributed by atoms with Gasteiger partial charge in [0, 0.05) is 31.6 Å². The lowest BCUT2D eigenvalue weighted by atomic mass is 10.1. The van der Waals surface area contributed by atoms with Gasteiger partial charge >= 0.3 is 0 Å². The van der Waals surface area contributed by atoms with Gasteiger partial charge in [-0.25, -0.2) is 0 Å². The Morgan fingerprint density at radius 1 is 1.07 bits per heavy atom. The zero-order valence-corrected chi connectivity index (χ0v) is 15.5. The summed E-state index contributed by atoms with van der Waals surface area (Å²) in [6.45, 7) is 3.70. The quantitative estimate of drug-likeness (QED) is 0.696. The lowest BCUT2D eigenvalue weighted by molar-refractivity contribution is 0.0752. The lowest BCUT2D eigenvalue weighted by Crippen LogP contribution is -2.40. The molecule has 3 rings (SSSR count). The maximum absolute atomic E-state index is 13.1. The van der Waals surface area contributed by atoms with Gasteiger partial charge in [0.05, 0.1) is 5.52 Å². The number of carbonyl (C=O) groups excluding carboxylic acids is 1. The van der Waals surface area contributed by atoms with Gasteiger partial charge in [0.15, 0.2) is 5.69 Å². The monoisotopic (exact) mass is 364 g/mol. The molecule has 0 atom stereocenters. The van der Waals surface area contributed by atoms with Crippen molar-refractivity contribution in [3.05, 3.63) is 76.1 Å². The molecule has 1 amide bonds. The first-order valence-electron chi connectivity index (χ1n) is 9.18. The second-order valence-electron chi connectivity index (χ2n) is 6.33. The van der Waals surface area contributed by atoms with Crippen molar-refractivity contribution >= 4 is 16.8 Å². The SMILES string of the molecule is CCn1nc(C(=O)N(CCN)CCc2ccccc2)c(=O)c2ccccc21. The van der Waals surface area contributed by atoms with E-state index in [-0.39, 0.29) is 17.0 Å². The molecular formula is C21H24N4O2. The van der Waals surface area contributed by atoms with Gasteiger partial charge in [-0.15, -0.1) is 0 Å². The number of nitrogens with zero attached hydrogens (tertiary/aromatic N) is 3. The number of nitrogens with two attached hydrogens (primary N) is 1. The van der Waals surface area contributed by atoms with Crippen LogP contribution < -0.4 is 11.2 Å². The highest BCUT2D eigenvalue weighted by Gasteiger charge is 2.22. The zero-order valence-electron chi connectivity index (χ0n) is 15.5. The van der Waals surface area contributed by atoms with Crippen molar-refractivity contribution < 1.29 is 4.79 Å². The summed E-state index contributed by atoms with van der Waals surface area (Å²) in [5.74, 6) is -0.366. The molecule has 0 radical (unpaired) electrons. The first-order valence-corrected chi connectivity index (χ1v) is 9.18. The highest BCUT2D eigenvalue weighted by Crippen LogP contribution is 2.11. The minimum atomic E-state index is -0.366. The number of benzene rings is 2. The Bertz CT molecular complexity index is 982. The maximum atomic E-state index is 13.1. The van der Waals surface area contributed by atoms with Crippen LogP contribution in [0.3, 0.4) is 0 Å². The van der Waals surface area contributed by atoms with E-state index in [0.717, 1.165) is 11.1 Å². The fourth-order valence-corrected chi connectivity index (χ4v) is 3.15. The molecular weight excluding hydrogens is 340 g/mol. The van der Waals surface area contributed by atoms with Crippen LogP contribution in [-0.2, 0) is 13.0 Å². The summed E-state index contributed by atoms with van der Waals surface area (Å²) in [4.78, 5) is 27.6. The molecule has 1 aromatic heterocycles. The van der Waals surface area contributed by atoms with E-state index in [4.69, 9.17) is 5.73 Å². The number of aromatic nitrogens is 2. The van der Waals surface area contributed by atoms with Crippen LogP contribution in [0, 0.1) is 0 Å². The van der Waals surface area contributed by atoms with E-state index in [1.807, 2.05) is 49.4 Å². The van der Waals surface area contributed by atoms with Crippen LogP contribution in [0.5, 0.6) is 0 Å². The fourth-order valence-electron chi connectivity index (χ4n) is 3.15. The van der Waals surface area contributed by atoms with Crippen LogP contribution in [-0.4, -0.2) is 40.2 Å². The van der Waals surface area contributed by atoms with Gasteiger partial charge in [0.2, 0.25) is 5.43 Å². The average molecular weight is 364 g/mol. The molecule has 0 saturated heterocycles. The second-order valence-corrected chi connectivity index (χ2v) is 6.33. The summed E-state index contributed by atoms with van der Waals surface area (Å²) in [6, 6.07) is 17.2. The molecule has 0 aliphatic rings. The van der Waals surface area contributed by atoms with E-state index in [2.05, 4.69) is 5.10 Å². The van der Waals surface area contributed by atoms with Crippen LogP contribution in [0.2, 0.25) is 0 Å². The summed E-state index contributed by atoms with van der Waals surface area (Å²) in [6.07, 6.45) is 0.697. The number of hydrogen-bond donors (Lipinski definition) is 1. The highest BCUT2D eigenvalue weighted by molar-refractivity contribution is 5.95. The Labute approximate surface area is 158 Å². The van der Waals surface area contributed by atoms with Crippen molar-refractivity contribution in [2.75, 3.05) is 19.6 Å². The Morgan fingerprint density at radius 3 is 2.48 bits per heavy atom. The first kappa shape index (κ1) is 18.8. The maximum Gasteiger partial charge on any atom is 0.278 e. The van der Waals surface area contributed by atoms with Crippen molar-refractivity contribution in [2.24, 2.45) is 5.73 Å². The van der Waals surface area contributed by atoms with E-state index in [9.17, 15) is 9.59 Å². The van der Waals surface area contributed by atoms with Gasteiger partial charge in [-0.05, 0) is 31.0 Å². The molecule has 3 aromatic rings. The van der Waals surface area contributed by atoms with Gasteiger partial charge in [-0.2, -0.15) is 5.10 Å². The molecule has 0 bridgehead atoms. The number of para-hydroxylation sites is 1. The minimum Gasteiger partial charge on any atom is -0.336 e. The molecule has 0 aliphatic heterocycles. The third-order valence-corrected chi connectivity index (χ3v) is 4.56. The molecule has 1 heterocycles. The predicted octanol–water partition coefficient (Wildman–Crippen LogP) is 2.06. The summed E-state index contributed by atoms with van der Waals surface area (Å²) in [5, 5.41) is 4.86. The Balaban J connectivity index is 1.94. The molecule has 140 valence electrons. The third-order valence-electron chi connectivity index (χ3n) is 4.56. The van der Waals surface area contributed by atoms with Crippen molar-refractivity contribution in [1.82, 2.24) is 14.7 Å². The number of aryl methyl sites for hydroxylation is 1. The molecule has 27 heavy (non-hydrogen) atoms. The Morgan fingerprint density at radius 2 is 1.78 bits per heavy atom. The summed E-state index contributed by atoms with van der Waals surface area (Å²) >= 11 is 0. The molecule has 2 N–H and O–H groups in total. The number of carbonyl (C=O) groups is 1. The van der Waals surface area contributed by atoms with Crippen LogP contribution >= 0.6 is 0 Å². The van der Waals surface area contributed by atoms with Crippen molar-refractivity contribution in [3.63, 3.8) is 0 Å². The topological polar surface area (TPSA) is 81.2 Å². The highest BCUT2D eigenvalue weighted by atomic mass is 16.2. The average Bonchev–Trinajstić information content (AvgIpc) is 2.72. The Kier molecular flexibility index (Phi) is 5.98. The molecule has 0 aliphatic carbocycles. The molecule has 0 saturated carbocycles. The molecule has 0 spiro atoms. The first-order chi connectivity index (χ1) is 13.2. The number of fused-ring (bicyclic) bond motifs is 1. The number of hydrogen-bond acceptors (Lipinski definition) is 4. The summed E-state index contributed by atoms with van der Waals surface area (Å²) in [5.41, 5.74) is 7.19. The van der Waals surface area contributed by atoms with E-state index in [1.54, 1.807) is 21.7 Å². The van der Waals surface area contributed by atoms with Crippen molar-refractivity contribution in [3.8, 4) is 0 Å². The Hall–Kier alpha value is -2.99. The largest absolute Gasteiger partial charge is 0.336 e. The second kappa shape index (κ2) is 8.60. The van der Waals surface area contributed by atoms with Crippen LogP contribution in [0.15, 0.2) is 59.4 Å². The van der Waals surface area contributed by atoms with Gasteiger partial charge in [0.25, 0.3) is 5.91 Å². The molecule has 0 unspecified atom stereocenters. The molecule has 6 heteroatoms. The van der Waals surface area contributed by atoms with Crippen LogP contribution in [0.1, 0.15) is 23.0 Å². The molecule has 0 fully saturated rings. The van der Waals surface area contributed by atoms with Crippen LogP contribution in [0.25, 0.3) is 10.9 Å². The molecule has 6 nitrogen and oxygen atoms in total. The predicted molar refractivity (Wildman–Crippen MR) is 107 cm³/mol. The van der Waals surface area contributed by atoms with Gasteiger partial charge in [0.1, 0.15) is 0 Å². The van der Waals surface area contributed by atoms with Gasteiger partial charge in [-0.3, -0.25) is 14.3 Å². The normalized spacial score (nSPS) is 10.9. The third kappa shape index (κ3) is 4.06. The summed E-state index contributed by atoms with van der Waals surface area (Å²) in [7, 11) is 0. The lowest BCUT2D eigenvalue weighted by Gasteiger charge is -2.22. The smallest absolute Gasteiger partial charge is 0.278 e. The standard InChI is InChI=1S/C21H24N4O2/c1-2-25-18-11-7-6-10-17(18)20(26)19(23-25)21(27)24(15-13-22)14-12-16-8-4-3-5-9-16/h3-11H,2,12-15,22H2,1H3. The van der Waals surface area contributed by atoms with E-state index >= 15 is 0 Å². The summed E-state index contributed by atoms with van der Waals surface area (Å²) < 4.78 is 1.70. The van der Waals surface area contributed by atoms with E-state index < -0.39 is 0 Å². The van der Waals surface area contributed by atoms with Gasteiger partial charge < -0.3 is 10.6 Å². The van der Waals surface area contributed by atoms with Crippen molar-refractivity contribution in [1.29, 1.82) is 0 Å². The molecule has 2 aromatic carbocycles. The minimum absolute atomic E-state index is 0.0444. The number of amides is 1. The number of rotatable bonds is 7. The van der Waals surface area contributed by atoms with Gasteiger partial charge in [-0.1, -0.05) is 42.5 Å². The zero-order chi connectivity index (χ0) is 19.2. The van der Waals surface area contributed by atoms with E-state index in [0.29, 0.717) is 38.0 Å².